The molecule has 0 aliphatic carbocycles. The van der Waals surface area contributed by atoms with Gasteiger partial charge in [-0.25, -0.2) is 0 Å². The Morgan fingerprint density at radius 1 is 1.25 bits per heavy atom. The van der Waals surface area contributed by atoms with Crippen LogP contribution in [0.5, 0.6) is 17.2 Å². The highest BCUT2D eigenvalue weighted by atomic mass is 32.2. The summed E-state index contributed by atoms with van der Waals surface area (Å²) in [5, 5.41) is 12.7. The van der Waals surface area contributed by atoms with Gasteiger partial charge in [0.1, 0.15) is 10.1 Å². The number of ether oxygens (including phenoxy) is 2. The second kappa shape index (κ2) is 11.0. The number of carbonyl (C=O) groups is 2. The average molecular weight is 473 g/mol. The molecule has 0 spiro atoms. The molecule has 1 heterocycles. The predicted octanol–water partition coefficient (Wildman–Crippen LogP) is 4.42. The zero-order valence-corrected chi connectivity index (χ0v) is 19.4. The van der Waals surface area contributed by atoms with Crippen LogP contribution in [0.3, 0.4) is 0 Å². The van der Waals surface area contributed by atoms with Gasteiger partial charge in [-0.05, 0) is 61.4 Å². The number of phenols is 1. The molecule has 1 saturated heterocycles. The van der Waals surface area contributed by atoms with E-state index in [0.717, 1.165) is 5.56 Å². The fraction of sp³-hybridized carbons (Fsp3) is 0.261. The molecule has 1 aliphatic heterocycles. The van der Waals surface area contributed by atoms with Crippen LogP contribution in [0.4, 0.5) is 5.69 Å². The van der Waals surface area contributed by atoms with Crippen LogP contribution in [0.25, 0.3) is 6.08 Å². The molecule has 1 aliphatic rings. The molecule has 9 heteroatoms. The van der Waals surface area contributed by atoms with Crippen LogP contribution in [0.1, 0.15) is 25.3 Å². The van der Waals surface area contributed by atoms with E-state index < -0.39 is 0 Å². The van der Waals surface area contributed by atoms with Gasteiger partial charge in [0, 0.05) is 18.7 Å². The monoisotopic (exact) mass is 472 g/mol. The van der Waals surface area contributed by atoms with E-state index in [1.807, 2.05) is 6.92 Å². The summed E-state index contributed by atoms with van der Waals surface area (Å²) in [5.41, 5.74) is 1.41. The van der Waals surface area contributed by atoms with Crippen LogP contribution < -0.4 is 14.8 Å². The number of thioether (sulfide) groups is 1. The Balaban J connectivity index is 1.55. The number of rotatable bonds is 9. The zero-order valence-electron chi connectivity index (χ0n) is 17.8. The van der Waals surface area contributed by atoms with Gasteiger partial charge in [-0.1, -0.05) is 30.0 Å². The maximum Gasteiger partial charge on any atom is 0.266 e. The van der Waals surface area contributed by atoms with Gasteiger partial charge in [-0.2, -0.15) is 0 Å². The third-order valence-electron chi connectivity index (χ3n) is 4.61. The summed E-state index contributed by atoms with van der Waals surface area (Å²) in [6.45, 7) is 2.61. The molecule has 0 atom stereocenters. The topological polar surface area (TPSA) is 88.1 Å². The smallest absolute Gasteiger partial charge is 0.266 e. The highest BCUT2D eigenvalue weighted by molar-refractivity contribution is 8.26. The first-order valence-corrected chi connectivity index (χ1v) is 11.3. The molecule has 2 aromatic carbocycles. The van der Waals surface area contributed by atoms with Crippen molar-refractivity contribution in [3.05, 3.63) is 52.9 Å². The number of hydrogen-bond donors (Lipinski definition) is 2. The summed E-state index contributed by atoms with van der Waals surface area (Å²) >= 11 is 6.57. The van der Waals surface area contributed by atoms with Gasteiger partial charge in [-0.3, -0.25) is 14.5 Å². The maximum atomic E-state index is 12.8. The molecule has 0 radical (unpaired) electrons. The number of phenolic OH excluding ortho intramolecular Hbond substituents is 1. The molecule has 32 heavy (non-hydrogen) atoms. The minimum atomic E-state index is -0.193. The first-order valence-electron chi connectivity index (χ1n) is 10.1. The third-order valence-corrected chi connectivity index (χ3v) is 5.99. The van der Waals surface area contributed by atoms with E-state index in [9.17, 15) is 14.7 Å². The number of methoxy groups -OCH3 is 1. The van der Waals surface area contributed by atoms with E-state index in [-0.39, 0.29) is 24.0 Å². The lowest BCUT2D eigenvalue weighted by Gasteiger charge is -2.14. The van der Waals surface area contributed by atoms with Gasteiger partial charge in [0.05, 0.1) is 18.6 Å². The van der Waals surface area contributed by atoms with E-state index >= 15 is 0 Å². The molecule has 0 unspecified atom stereocenters. The largest absolute Gasteiger partial charge is 0.504 e. The van der Waals surface area contributed by atoms with E-state index in [1.165, 1.54) is 22.7 Å². The quantitative estimate of drug-likeness (QED) is 0.413. The zero-order chi connectivity index (χ0) is 23.1. The van der Waals surface area contributed by atoms with Crippen molar-refractivity contribution in [2.45, 2.75) is 19.8 Å². The Morgan fingerprint density at radius 2 is 2.00 bits per heavy atom. The van der Waals surface area contributed by atoms with Gasteiger partial charge in [0.15, 0.2) is 11.5 Å². The fourth-order valence-corrected chi connectivity index (χ4v) is 4.34. The number of amides is 2. The van der Waals surface area contributed by atoms with Crippen molar-refractivity contribution in [1.29, 1.82) is 0 Å². The molecule has 3 rings (SSSR count). The normalized spacial score (nSPS) is 14.7. The summed E-state index contributed by atoms with van der Waals surface area (Å²) < 4.78 is 10.9. The number of aromatic hydroxyl groups is 1. The Bertz CT molecular complexity index is 1040. The summed E-state index contributed by atoms with van der Waals surface area (Å²) in [4.78, 5) is 27.0. The van der Waals surface area contributed by atoms with E-state index in [4.69, 9.17) is 21.7 Å². The summed E-state index contributed by atoms with van der Waals surface area (Å²) in [6.07, 6.45) is 2.46. The van der Waals surface area contributed by atoms with Gasteiger partial charge in [0.2, 0.25) is 5.91 Å². The Morgan fingerprint density at radius 3 is 2.69 bits per heavy atom. The summed E-state index contributed by atoms with van der Waals surface area (Å²) in [5.74, 6) is 0.793. The van der Waals surface area contributed by atoms with Crippen molar-refractivity contribution < 1.29 is 24.2 Å². The van der Waals surface area contributed by atoms with E-state index in [2.05, 4.69) is 5.32 Å². The lowest BCUT2D eigenvalue weighted by atomic mass is 10.2. The van der Waals surface area contributed by atoms with E-state index in [1.54, 1.807) is 49.6 Å². The van der Waals surface area contributed by atoms with Crippen LogP contribution in [0.15, 0.2) is 47.4 Å². The molecule has 7 nitrogen and oxygen atoms in total. The molecule has 0 aromatic heterocycles. The van der Waals surface area contributed by atoms with Crippen LogP contribution in [-0.2, 0) is 9.59 Å². The molecule has 0 bridgehead atoms. The standard InChI is InChI=1S/C23H24N2O5S2/c1-3-30-19-13-15(6-11-18(19)26)14-20-22(28)25(23(31)32-20)12-4-5-21(27)24-16-7-9-17(29-2)10-8-16/h6-11,13-14,26H,3-5,12H2,1-2H3,(H,24,27)/b20-14-. The number of carbonyl (C=O) groups excluding carboxylic acids is 2. The molecule has 2 amide bonds. The minimum Gasteiger partial charge on any atom is -0.504 e. The molecule has 0 saturated carbocycles. The minimum absolute atomic E-state index is 0.0458. The van der Waals surface area contributed by atoms with Crippen LogP contribution in [0.2, 0.25) is 0 Å². The Hall–Kier alpha value is -3.04. The highest BCUT2D eigenvalue weighted by Crippen LogP contribution is 2.34. The molecule has 1 fully saturated rings. The summed E-state index contributed by atoms with van der Waals surface area (Å²) in [7, 11) is 1.58. The van der Waals surface area contributed by atoms with Crippen LogP contribution in [-0.4, -0.2) is 46.4 Å². The molecule has 168 valence electrons. The predicted molar refractivity (Wildman–Crippen MR) is 130 cm³/mol. The maximum absolute atomic E-state index is 12.8. The third kappa shape index (κ3) is 6.02. The van der Waals surface area contributed by atoms with Crippen molar-refractivity contribution in [3.8, 4) is 17.2 Å². The van der Waals surface area contributed by atoms with Gasteiger partial charge in [0.25, 0.3) is 5.91 Å². The second-order valence-corrected chi connectivity index (χ2v) is 8.55. The van der Waals surface area contributed by atoms with Crippen molar-refractivity contribution in [2.75, 3.05) is 25.6 Å². The molecular formula is C23H24N2O5S2. The lowest BCUT2D eigenvalue weighted by Crippen LogP contribution is -2.29. The molecular weight excluding hydrogens is 448 g/mol. The fourth-order valence-electron chi connectivity index (χ4n) is 3.03. The number of thiocarbonyl (C=S) groups is 1. The number of benzene rings is 2. The lowest BCUT2D eigenvalue weighted by molar-refractivity contribution is -0.122. The van der Waals surface area contributed by atoms with Gasteiger partial charge < -0.3 is 19.9 Å². The van der Waals surface area contributed by atoms with Crippen LogP contribution >= 0.6 is 24.0 Å². The van der Waals surface area contributed by atoms with E-state index in [0.29, 0.717) is 46.0 Å². The van der Waals surface area contributed by atoms with Crippen LogP contribution in [0, 0.1) is 0 Å². The number of nitrogens with zero attached hydrogens (tertiary/aromatic N) is 1. The second-order valence-electron chi connectivity index (χ2n) is 6.87. The average Bonchev–Trinajstić information content (AvgIpc) is 3.04. The number of hydrogen-bond acceptors (Lipinski definition) is 7. The molecule has 2 N–H and O–H groups in total. The number of anilines is 1. The van der Waals surface area contributed by atoms with Crippen molar-refractivity contribution >= 4 is 51.9 Å². The van der Waals surface area contributed by atoms with Crippen molar-refractivity contribution in [1.82, 2.24) is 4.90 Å². The Labute approximate surface area is 196 Å². The highest BCUT2D eigenvalue weighted by Gasteiger charge is 2.31. The van der Waals surface area contributed by atoms with Gasteiger partial charge >= 0.3 is 0 Å². The van der Waals surface area contributed by atoms with Crippen molar-refractivity contribution in [3.63, 3.8) is 0 Å². The van der Waals surface area contributed by atoms with Crippen molar-refractivity contribution in [2.24, 2.45) is 0 Å². The summed E-state index contributed by atoms with van der Waals surface area (Å²) in [6, 6.07) is 12.0. The van der Waals surface area contributed by atoms with Gasteiger partial charge in [-0.15, -0.1) is 0 Å². The SMILES string of the molecule is CCOc1cc(/C=C2\SC(=S)N(CCCC(=O)Nc3ccc(OC)cc3)C2=O)ccc1O. The first-order chi connectivity index (χ1) is 15.4. The Kier molecular flexibility index (Phi) is 8.13. The number of nitrogens with one attached hydrogen (secondary N) is 1. The first kappa shape index (κ1) is 23.6. The molecule has 2 aromatic rings.